The van der Waals surface area contributed by atoms with Crippen molar-refractivity contribution in [1.29, 1.82) is 0 Å². The van der Waals surface area contributed by atoms with Crippen molar-refractivity contribution >= 4 is 17.6 Å². The van der Waals surface area contributed by atoms with E-state index in [1.165, 1.54) is 45.4 Å². The molecule has 0 aromatic heterocycles. The van der Waals surface area contributed by atoms with E-state index >= 15 is 0 Å². The Bertz CT molecular complexity index is 776. The summed E-state index contributed by atoms with van der Waals surface area (Å²) in [5, 5.41) is 2.55. The molecule has 0 unspecified atom stereocenters. The zero-order valence-electron chi connectivity index (χ0n) is 14.7. The highest BCUT2D eigenvalue weighted by atomic mass is 19.1. The molecule has 138 valence electrons. The van der Waals surface area contributed by atoms with Crippen LogP contribution in [-0.2, 0) is 20.7 Å². The van der Waals surface area contributed by atoms with Crippen LogP contribution in [0.5, 0.6) is 11.5 Å². The Labute approximate surface area is 150 Å². The molecule has 26 heavy (non-hydrogen) atoms. The van der Waals surface area contributed by atoms with Crippen LogP contribution < -0.4 is 14.8 Å². The molecule has 6 nitrogen and oxygen atoms in total. The van der Waals surface area contributed by atoms with Crippen LogP contribution in [0.1, 0.15) is 12.5 Å². The van der Waals surface area contributed by atoms with Crippen molar-refractivity contribution in [3.8, 4) is 11.5 Å². The Kier molecular flexibility index (Phi) is 6.54. The fourth-order valence-electron chi connectivity index (χ4n) is 2.23. The third-order valence-corrected chi connectivity index (χ3v) is 3.59. The first-order valence-corrected chi connectivity index (χ1v) is 7.89. The third-order valence-electron chi connectivity index (χ3n) is 3.59. The number of amides is 1. The van der Waals surface area contributed by atoms with Gasteiger partial charge in [0.15, 0.2) is 17.6 Å². The first-order chi connectivity index (χ1) is 12.4. The van der Waals surface area contributed by atoms with E-state index in [9.17, 15) is 14.0 Å². The highest BCUT2D eigenvalue weighted by Crippen LogP contribution is 2.27. The predicted octanol–water partition coefficient (Wildman–Crippen LogP) is 2.96. The average molecular weight is 361 g/mol. The third kappa shape index (κ3) is 5.20. The van der Waals surface area contributed by atoms with Crippen LogP contribution in [0.25, 0.3) is 0 Å². The Morgan fingerprint density at radius 1 is 1.04 bits per heavy atom. The van der Waals surface area contributed by atoms with E-state index in [-0.39, 0.29) is 6.42 Å². The van der Waals surface area contributed by atoms with E-state index in [0.717, 1.165) is 0 Å². The molecule has 2 rings (SSSR count). The molecule has 1 amide bonds. The lowest BCUT2D eigenvalue weighted by atomic mass is 10.1. The van der Waals surface area contributed by atoms with Gasteiger partial charge in [0, 0.05) is 5.69 Å². The van der Waals surface area contributed by atoms with Crippen molar-refractivity contribution < 1.29 is 28.2 Å². The van der Waals surface area contributed by atoms with Crippen molar-refractivity contribution in [3.05, 3.63) is 53.8 Å². The molecule has 0 saturated carbocycles. The predicted molar refractivity (Wildman–Crippen MR) is 93.8 cm³/mol. The smallest absolute Gasteiger partial charge is 0.311 e. The topological polar surface area (TPSA) is 73.9 Å². The van der Waals surface area contributed by atoms with Gasteiger partial charge in [0.25, 0.3) is 5.91 Å². The minimum Gasteiger partial charge on any atom is -0.493 e. The maximum absolute atomic E-state index is 12.9. The van der Waals surface area contributed by atoms with E-state index < -0.39 is 23.8 Å². The molecule has 7 heteroatoms. The van der Waals surface area contributed by atoms with Crippen LogP contribution in [0.2, 0.25) is 0 Å². The van der Waals surface area contributed by atoms with Crippen molar-refractivity contribution in [2.75, 3.05) is 19.5 Å². The number of nitrogens with one attached hydrogen (secondary N) is 1. The second kappa shape index (κ2) is 8.84. The minimum atomic E-state index is -0.993. The van der Waals surface area contributed by atoms with E-state index in [4.69, 9.17) is 14.2 Å². The molecular formula is C19H20FNO5. The quantitative estimate of drug-likeness (QED) is 0.768. The zero-order valence-corrected chi connectivity index (χ0v) is 14.7. The summed E-state index contributed by atoms with van der Waals surface area (Å²) in [6, 6.07) is 10.4. The number of halogens is 1. The summed E-state index contributed by atoms with van der Waals surface area (Å²) in [6.07, 6.45) is -1.01. The van der Waals surface area contributed by atoms with Gasteiger partial charge in [-0.15, -0.1) is 0 Å². The van der Waals surface area contributed by atoms with Crippen LogP contribution in [0.4, 0.5) is 10.1 Å². The molecule has 0 radical (unpaired) electrons. The van der Waals surface area contributed by atoms with Crippen LogP contribution in [0.3, 0.4) is 0 Å². The summed E-state index contributed by atoms with van der Waals surface area (Å²) in [7, 11) is 3.02. The van der Waals surface area contributed by atoms with Gasteiger partial charge in [-0.2, -0.15) is 0 Å². The normalized spacial score (nSPS) is 11.4. The average Bonchev–Trinajstić information content (AvgIpc) is 2.63. The van der Waals surface area contributed by atoms with Gasteiger partial charge in [-0.3, -0.25) is 9.59 Å². The molecule has 0 aliphatic heterocycles. The summed E-state index contributed by atoms with van der Waals surface area (Å²) < 4.78 is 28.3. The lowest BCUT2D eigenvalue weighted by molar-refractivity contribution is -0.152. The largest absolute Gasteiger partial charge is 0.493 e. The fourth-order valence-corrected chi connectivity index (χ4v) is 2.23. The summed E-state index contributed by atoms with van der Waals surface area (Å²) in [5.74, 6) is -0.412. The first-order valence-electron chi connectivity index (χ1n) is 7.89. The summed E-state index contributed by atoms with van der Waals surface area (Å²) >= 11 is 0. The van der Waals surface area contributed by atoms with Gasteiger partial charge in [-0.1, -0.05) is 6.07 Å². The number of anilines is 1. The second-order valence-corrected chi connectivity index (χ2v) is 5.49. The van der Waals surface area contributed by atoms with Gasteiger partial charge in [-0.05, 0) is 48.9 Å². The highest BCUT2D eigenvalue weighted by molar-refractivity contribution is 5.95. The number of ether oxygens (including phenoxy) is 3. The number of hydrogen-bond donors (Lipinski definition) is 1. The number of hydrogen-bond acceptors (Lipinski definition) is 5. The Morgan fingerprint density at radius 2 is 1.69 bits per heavy atom. The number of esters is 1. The summed E-state index contributed by atoms with van der Waals surface area (Å²) in [5.41, 5.74) is 1.08. The van der Waals surface area contributed by atoms with Crippen LogP contribution in [0.15, 0.2) is 42.5 Å². The van der Waals surface area contributed by atoms with Crippen LogP contribution in [-0.4, -0.2) is 32.2 Å². The lowest BCUT2D eigenvalue weighted by Gasteiger charge is -2.14. The number of carbonyl (C=O) groups excluding carboxylic acids is 2. The van der Waals surface area contributed by atoms with Crippen molar-refractivity contribution in [2.45, 2.75) is 19.4 Å². The summed E-state index contributed by atoms with van der Waals surface area (Å²) in [6.45, 7) is 1.46. The molecule has 0 spiro atoms. The molecule has 0 fully saturated rings. The van der Waals surface area contributed by atoms with Gasteiger partial charge in [0.05, 0.1) is 20.6 Å². The molecule has 2 aromatic carbocycles. The molecule has 0 heterocycles. The number of benzene rings is 2. The maximum Gasteiger partial charge on any atom is 0.311 e. The molecular weight excluding hydrogens is 341 g/mol. The SMILES string of the molecule is COc1ccc(CC(=O)O[C@H](C)C(=O)Nc2ccc(F)cc2)cc1OC. The number of rotatable bonds is 7. The van der Waals surface area contributed by atoms with E-state index in [1.54, 1.807) is 18.2 Å². The van der Waals surface area contributed by atoms with Gasteiger partial charge in [0.2, 0.25) is 0 Å². The van der Waals surface area contributed by atoms with Gasteiger partial charge < -0.3 is 19.5 Å². The zero-order chi connectivity index (χ0) is 19.1. The van der Waals surface area contributed by atoms with E-state index in [2.05, 4.69) is 5.32 Å². The highest BCUT2D eigenvalue weighted by Gasteiger charge is 2.18. The molecule has 2 aromatic rings. The molecule has 0 aliphatic carbocycles. The van der Waals surface area contributed by atoms with Crippen molar-refractivity contribution in [3.63, 3.8) is 0 Å². The fraction of sp³-hybridized carbons (Fsp3) is 0.263. The number of carbonyl (C=O) groups is 2. The second-order valence-electron chi connectivity index (χ2n) is 5.49. The Balaban J connectivity index is 1.92. The Morgan fingerprint density at radius 3 is 2.31 bits per heavy atom. The molecule has 0 bridgehead atoms. The molecule has 0 saturated heterocycles. The van der Waals surface area contributed by atoms with E-state index in [0.29, 0.717) is 22.7 Å². The minimum absolute atomic E-state index is 0.0193. The maximum atomic E-state index is 12.9. The van der Waals surface area contributed by atoms with Crippen LogP contribution >= 0.6 is 0 Å². The van der Waals surface area contributed by atoms with Gasteiger partial charge in [0.1, 0.15) is 5.82 Å². The van der Waals surface area contributed by atoms with Gasteiger partial charge >= 0.3 is 5.97 Å². The van der Waals surface area contributed by atoms with E-state index in [1.807, 2.05) is 0 Å². The lowest BCUT2D eigenvalue weighted by Crippen LogP contribution is -2.30. The summed E-state index contributed by atoms with van der Waals surface area (Å²) in [4.78, 5) is 24.1. The van der Waals surface area contributed by atoms with Gasteiger partial charge in [-0.25, -0.2) is 4.39 Å². The Hall–Kier alpha value is -3.09. The molecule has 0 aliphatic rings. The van der Waals surface area contributed by atoms with Crippen molar-refractivity contribution in [1.82, 2.24) is 0 Å². The number of methoxy groups -OCH3 is 2. The molecule has 1 N–H and O–H groups in total. The first kappa shape index (κ1) is 19.2. The molecule has 1 atom stereocenters. The monoisotopic (exact) mass is 361 g/mol. The van der Waals surface area contributed by atoms with Crippen LogP contribution in [0, 0.1) is 5.82 Å². The van der Waals surface area contributed by atoms with Crippen molar-refractivity contribution in [2.24, 2.45) is 0 Å². The standard InChI is InChI=1S/C19H20FNO5/c1-12(19(23)21-15-7-5-14(20)6-8-15)26-18(22)11-13-4-9-16(24-2)17(10-13)25-3/h4-10,12H,11H2,1-3H3,(H,21,23)/t12-/m1/s1.